The van der Waals surface area contributed by atoms with E-state index < -0.39 is 5.82 Å². The summed E-state index contributed by atoms with van der Waals surface area (Å²) in [4.78, 5) is 14.3. The van der Waals surface area contributed by atoms with Crippen LogP contribution < -0.4 is 0 Å². The molecular weight excluding hydrogens is 352 g/mol. The first kappa shape index (κ1) is 15.2. The van der Waals surface area contributed by atoms with Crippen LogP contribution in [0.3, 0.4) is 0 Å². The van der Waals surface area contributed by atoms with Gasteiger partial charge in [-0.3, -0.25) is 4.79 Å². The number of rotatable bonds is 4. The fraction of sp³-hybridized carbons (Fsp3) is 0.235. The van der Waals surface area contributed by atoms with Crippen molar-refractivity contribution in [2.45, 2.75) is 25.4 Å². The van der Waals surface area contributed by atoms with Crippen LogP contribution >= 0.6 is 15.9 Å². The van der Waals surface area contributed by atoms with E-state index in [9.17, 15) is 13.6 Å². The Hall–Kier alpha value is -1.75. The molecule has 0 atom stereocenters. The van der Waals surface area contributed by atoms with Crippen molar-refractivity contribution in [2.75, 3.05) is 0 Å². The fourth-order valence-electron chi connectivity index (χ4n) is 2.40. The van der Waals surface area contributed by atoms with Crippen molar-refractivity contribution in [2.24, 2.45) is 0 Å². The van der Waals surface area contributed by atoms with Crippen molar-refractivity contribution in [1.29, 1.82) is 0 Å². The first-order chi connectivity index (χ1) is 10.5. The topological polar surface area (TPSA) is 20.3 Å². The summed E-state index contributed by atoms with van der Waals surface area (Å²) in [6.07, 6.45) is 1.80. The third-order valence-electron chi connectivity index (χ3n) is 3.65. The lowest BCUT2D eigenvalue weighted by Crippen LogP contribution is -2.33. The maximum Gasteiger partial charge on any atom is 0.257 e. The standard InChI is InChI=1S/C17H14BrF2NO/c18-12-4-7-15(16(20)9-12)17(22)21(14-5-6-14)10-11-2-1-3-13(19)8-11/h1-4,7-9,14H,5-6,10H2. The van der Waals surface area contributed by atoms with Gasteiger partial charge in [0.05, 0.1) is 5.56 Å². The molecule has 0 unspecified atom stereocenters. The van der Waals surface area contributed by atoms with Gasteiger partial charge in [0.15, 0.2) is 0 Å². The summed E-state index contributed by atoms with van der Waals surface area (Å²) in [6.45, 7) is 0.288. The van der Waals surface area contributed by atoms with Gasteiger partial charge < -0.3 is 4.90 Å². The quantitative estimate of drug-likeness (QED) is 0.779. The molecule has 2 aromatic carbocycles. The lowest BCUT2D eigenvalue weighted by molar-refractivity contribution is 0.0725. The van der Waals surface area contributed by atoms with Crippen LogP contribution in [0.25, 0.3) is 0 Å². The molecule has 0 aliphatic heterocycles. The highest BCUT2D eigenvalue weighted by Gasteiger charge is 2.34. The van der Waals surface area contributed by atoms with Gasteiger partial charge in [0.25, 0.3) is 5.91 Å². The van der Waals surface area contributed by atoms with E-state index in [-0.39, 0.29) is 29.9 Å². The Balaban J connectivity index is 1.86. The van der Waals surface area contributed by atoms with Gasteiger partial charge in [-0.25, -0.2) is 8.78 Å². The van der Waals surface area contributed by atoms with Gasteiger partial charge in [0.1, 0.15) is 11.6 Å². The predicted molar refractivity (Wildman–Crippen MR) is 83.4 cm³/mol. The number of hydrogen-bond acceptors (Lipinski definition) is 1. The highest BCUT2D eigenvalue weighted by atomic mass is 79.9. The van der Waals surface area contributed by atoms with E-state index in [0.717, 1.165) is 12.8 Å². The van der Waals surface area contributed by atoms with E-state index in [1.807, 2.05) is 0 Å². The van der Waals surface area contributed by atoms with Gasteiger partial charge in [-0.15, -0.1) is 0 Å². The summed E-state index contributed by atoms with van der Waals surface area (Å²) in [5.74, 6) is -1.24. The molecule has 22 heavy (non-hydrogen) atoms. The Morgan fingerprint density at radius 2 is 1.95 bits per heavy atom. The molecule has 3 rings (SSSR count). The number of carbonyl (C=O) groups excluding carboxylic acids is 1. The maximum absolute atomic E-state index is 14.0. The average Bonchev–Trinajstić information content (AvgIpc) is 3.29. The third kappa shape index (κ3) is 3.35. The summed E-state index contributed by atoms with van der Waals surface area (Å²) in [5, 5.41) is 0. The molecule has 1 saturated carbocycles. The van der Waals surface area contributed by atoms with E-state index in [1.165, 1.54) is 24.3 Å². The van der Waals surface area contributed by atoms with Gasteiger partial charge in [0.2, 0.25) is 0 Å². The first-order valence-electron chi connectivity index (χ1n) is 7.05. The average molecular weight is 366 g/mol. The molecular formula is C17H14BrF2NO. The minimum Gasteiger partial charge on any atom is -0.331 e. The smallest absolute Gasteiger partial charge is 0.257 e. The Bertz CT molecular complexity index is 716. The number of hydrogen-bond donors (Lipinski definition) is 0. The second-order valence-electron chi connectivity index (χ2n) is 5.42. The Labute approximate surface area is 135 Å². The third-order valence-corrected chi connectivity index (χ3v) is 4.15. The molecule has 0 radical (unpaired) electrons. The lowest BCUT2D eigenvalue weighted by atomic mass is 10.1. The van der Waals surface area contributed by atoms with E-state index in [1.54, 1.807) is 23.1 Å². The van der Waals surface area contributed by atoms with E-state index in [4.69, 9.17) is 0 Å². The Morgan fingerprint density at radius 3 is 2.59 bits per heavy atom. The van der Waals surface area contributed by atoms with Crippen molar-refractivity contribution in [1.82, 2.24) is 4.90 Å². The van der Waals surface area contributed by atoms with Crippen molar-refractivity contribution >= 4 is 21.8 Å². The maximum atomic E-state index is 14.0. The van der Waals surface area contributed by atoms with Gasteiger partial charge in [0, 0.05) is 17.1 Å². The highest BCUT2D eigenvalue weighted by Crippen LogP contribution is 2.30. The molecule has 2 aromatic rings. The second-order valence-corrected chi connectivity index (χ2v) is 6.33. The van der Waals surface area contributed by atoms with Crippen molar-refractivity contribution in [3.8, 4) is 0 Å². The van der Waals surface area contributed by atoms with Crippen LogP contribution in [0.5, 0.6) is 0 Å². The van der Waals surface area contributed by atoms with E-state index in [0.29, 0.717) is 10.0 Å². The molecule has 0 aromatic heterocycles. The SMILES string of the molecule is O=C(c1ccc(Br)cc1F)N(Cc1cccc(F)c1)C1CC1. The van der Waals surface area contributed by atoms with Crippen LogP contribution in [0.4, 0.5) is 8.78 Å². The molecule has 1 amide bonds. The zero-order valence-electron chi connectivity index (χ0n) is 11.7. The molecule has 114 valence electrons. The summed E-state index contributed by atoms with van der Waals surface area (Å²) >= 11 is 3.18. The molecule has 0 spiro atoms. The molecule has 0 N–H and O–H groups in total. The monoisotopic (exact) mass is 365 g/mol. The molecule has 0 bridgehead atoms. The molecule has 1 fully saturated rings. The second kappa shape index (κ2) is 6.16. The molecule has 2 nitrogen and oxygen atoms in total. The number of halogens is 3. The van der Waals surface area contributed by atoms with Gasteiger partial charge in [-0.05, 0) is 48.7 Å². The molecule has 5 heteroatoms. The molecule has 0 heterocycles. The summed E-state index contributed by atoms with van der Waals surface area (Å²) in [5.41, 5.74) is 0.754. The summed E-state index contributed by atoms with van der Waals surface area (Å²) in [7, 11) is 0. The summed E-state index contributed by atoms with van der Waals surface area (Å²) in [6, 6.07) is 10.7. The number of amides is 1. The lowest BCUT2D eigenvalue weighted by Gasteiger charge is -2.23. The van der Waals surface area contributed by atoms with Crippen molar-refractivity contribution < 1.29 is 13.6 Å². The zero-order valence-corrected chi connectivity index (χ0v) is 13.3. The summed E-state index contributed by atoms with van der Waals surface area (Å²) < 4.78 is 27.9. The normalized spacial score (nSPS) is 14.0. The number of nitrogens with zero attached hydrogens (tertiary/aromatic N) is 1. The van der Waals surface area contributed by atoms with E-state index >= 15 is 0 Å². The molecule has 1 aliphatic rings. The van der Waals surface area contributed by atoms with Gasteiger partial charge >= 0.3 is 0 Å². The minimum atomic E-state index is -0.552. The Kier molecular flexibility index (Phi) is 4.25. The molecule has 1 aliphatic carbocycles. The minimum absolute atomic E-state index is 0.0477. The van der Waals surface area contributed by atoms with Crippen LogP contribution in [0.1, 0.15) is 28.8 Å². The van der Waals surface area contributed by atoms with Crippen molar-refractivity contribution in [3.05, 3.63) is 69.7 Å². The van der Waals surface area contributed by atoms with E-state index in [2.05, 4.69) is 15.9 Å². The van der Waals surface area contributed by atoms with Crippen LogP contribution in [-0.4, -0.2) is 16.8 Å². The first-order valence-corrected chi connectivity index (χ1v) is 7.84. The zero-order chi connectivity index (χ0) is 15.7. The largest absolute Gasteiger partial charge is 0.331 e. The van der Waals surface area contributed by atoms with Crippen LogP contribution in [0, 0.1) is 11.6 Å². The number of benzene rings is 2. The van der Waals surface area contributed by atoms with Crippen LogP contribution in [-0.2, 0) is 6.54 Å². The van der Waals surface area contributed by atoms with Crippen LogP contribution in [0.15, 0.2) is 46.9 Å². The fourth-order valence-corrected chi connectivity index (χ4v) is 2.74. The molecule has 0 saturated heterocycles. The van der Waals surface area contributed by atoms with Gasteiger partial charge in [-0.2, -0.15) is 0 Å². The van der Waals surface area contributed by atoms with Gasteiger partial charge in [-0.1, -0.05) is 28.1 Å². The van der Waals surface area contributed by atoms with Crippen LogP contribution in [0.2, 0.25) is 0 Å². The van der Waals surface area contributed by atoms with Crippen molar-refractivity contribution in [3.63, 3.8) is 0 Å². The number of carbonyl (C=O) groups is 1. The predicted octanol–water partition coefficient (Wildman–Crippen LogP) is 4.53. The highest BCUT2D eigenvalue weighted by molar-refractivity contribution is 9.10. The Morgan fingerprint density at radius 1 is 1.18 bits per heavy atom.